The Morgan fingerprint density at radius 1 is 1.19 bits per heavy atom. The molecule has 0 radical (unpaired) electrons. The number of ether oxygens (including phenoxy) is 1. The Morgan fingerprint density at radius 3 is 2.52 bits per heavy atom. The van der Waals surface area contributed by atoms with Gasteiger partial charge in [-0.1, -0.05) is 37.3 Å². The summed E-state index contributed by atoms with van der Waals surface area (Å²) in [4.78, 5) is 12.3. The van der Waals surface area contributed by atoms with Crippen LogP contribution in [-0.4, -0.2) is 12.0 Å². The van der Waals surface area contributed by atoms with Gasteiger partial charge >= 0.3 is 0 Å². The molecule has 0 aromatic heterocycles. The monoisotopic (exact) mass is 287 g/mol. The van der Waals surface area contributed by atoms with Gasteiger partial charge in [-0.25, -0.2) is 4.39 Å². The molecule has 2 aromatic carbocycles. The SMILES string of the molecule is CCC(Oc1ccccc1F)C(=O)Nc1ccccc1C. The fraction of sp³-hybridized carbons (Fsp3) is 0.235. The number of amides is 1. The molecule has 0 heterocycles. The third-order valence-electron chi connectivity index (χ3n) is 3.17. The molecule has 0 aliphatic carbocycles. The van der Waals surface area contributed by atoms with E-state index in [1.54, 1.807) is 12.1 Å². The fourth-order valence-electron chi connectivity index (χ4n) is 1.94. The van der Waals surface area contributed by atoms with E-state index in [9.17, 15) is 9.18 Å². The molecular weight excluding hydrogens is 269 g/mol. The molecule has 0 spiro atoms. The molecule has 0 saturated carbocycles. The summed E-state index contributed by atoms with van der Waals surface area (Å²) >= 11 is 0. The van der Waals surface area contributed by atoms with Crippen molar-refractivity contribution in [3.63, 3.8) is 0 Å². The minimum Gasteiger partial charge on any atom is -0.478 e. The van der Waals surface area contributed by atoms with E-state index in [4.69, 9.17) is 4.74 Å². The first-order valence-electron chi connectivity index (χ1n) is 6.89. The van der Waals surface area contributed by atoms with Gasteiger partial charge in [0.25, 0.3) is 5.91 Å². The predicted octanol–water partition coefficient (Wildman–Crippen LogP) is 3.93. The first-order chi connectivity index (χ1) is 10.1. The highest BCUT2D eigenvalue weighted by Crippen LogP contribution is 2.19. The minimum atomic E-state index is -0.735. The Morgan fingerprint density at radius 2 is 1.86 bits per heavy atom. The molecule has 0 aliphatic rings. The highest BCUT2D eigenvalue weighted by atomic mass is 19.1. The van der Waals surface area contributed by atoms with Gasteiger partial charge in [0.15, 0.2) is 17.7 Å². The Labute approximate surface area is 123 Å². The van der Waals surface area contributed by atoms with Gasteiger partial charge < -0.3 is 10.1 Å². The van der Waals surface area contributed by atoms with Crippen LogP contribution in [0, 0.1) is 12.7 Å². The molecule has 3 nitrogen and oxygen atoms in total. The zero-order valence-corrected chi connectivity index (χ0v) is 12.1. The van der Waals surface area contributed by atoms with Gasteiger partial charge in [0.2, 0.25) is 0 Å². The highest BCUT2D eigenvalue weighted by molar-refractivity contribution is 5.94. The lowest BCUT2D eigenvalue weighted by Gasteiger charge is -2.18. The normalized spacial score (nSPS) is 11.8. The molecule has 2 rings (SSSR count). The minimum absolute atomic E-state index is 0.0873. The van der Waals surface area contributed by atoms with Crippen molar-refractivity contribution in [2.75, 3.05) is 5.32 Å². The molecule has 1 unspecified atom stereocenters. The van der Waals surface area contributed by atoms with Crippen molar-refractivity contribution in [1.82, 2.24) is 0 Å². The number of nitrogens with one attached hydrogen (secondary N) is 1. The van der Waals surface area contributed by atoms with Gasteiger partial charge in [-0.05, 0) is 37.1 Å². The summed E-state index contributed by atoms with van der Waals surface area (Å²) in [5.74, 6) is -0.668. The van der Waals surface area contributed by atoms with Crippen molar-refractivity contribution in [3.8, 4) is 5.75 Å². The number of carbonyl (C=O) groups excluding carboxylic acids is 1. The van der Waals surface area contributed by atoms with E-state index in [2.05, 4.69) is 5.32 Å². The number of halogens is 1. The Balaban J connectivity index is 2.09. The van der Waals surface area contributed by atoms with Crippen molar-refractivity contribution in [1.29, 1.82) is 0 Å². The summed E-state index contributed by atoms with van der Waals surface area (Å²) in [6.07, 6.45) is -0.284. The topological polar surface area (TPSA) is 38.3 Å². The van der Waals surface area contributed by atoms with Crippen molar-refractivity contribution in [2.24, 2.45) is 0 Å². The Kier molecular flexibility index (Phi) is 4.93. The van der Waals surface area contributed by atoms with Gasteiger partial charge in [-0.15, -0.1) is 0 Å². The maximum atomic E-state index is 13.6. The van der Waals surface area contributed by atoms with Gasteiger partial charge in [-0.3, -0.25) is 4.79 Å². The van der Waals surface area contributed by atoms with Crippen LogP contribution >= 0.6 is 0 Å². The second-order valence-corrected chi connectivity index (χ2v) is 4.75. The first kappa shape index (κ1) is 15.0. The average molecular weight is 287 g/mol. The standard InChI is InChI=1S/C17H18FNO2/c1-3-15(21-16-11-7-5-9-13(16)18)17(20)19-14-10-6-4-8-12(14)2/h4-11,15H,3H2,1-2H3,(H,19,20). The molecule has 1 amide bonds. The van der Waals surface area contributed by atoms with Crippen LogP contribution in [0.25, 0.3) is 0 Å². The van der Waals surface area contributed by atoms with Crippen LogP contribution in [-0.2, 0) is 4.79 Å². The van der Waals surface area contributed by atoms with Crippen LogP contribution < -0.4 is 10.1 Å². The van der Waals surface area contributed by atoms with Gasteiger partial charge in [0, 0.05) is 5.69 Å². The summed E-state index contributed by atoms with van der Waals surface area (Å²) in [5, 5.41) is 2.81. The third kappa shape index (κ3) is 3.81. The highest BCUT2D eigenvalue weighted by Gasteiger charge is 2.20. The quantitative estimate of drug-likeness (QED) is 0.905. The zero-order valence-electron chi connectivity index (χ0n) is 12.1. The van der Waals surface area contributed by atoms with E-state index in [-0.39, 0.29) is 11.7 Å². The molecule has 110 valence electrons. The zero-order chi connectivity index (χ0) is 15.2. The first-order valence-corrected chi connectivity index (χ1v) is 6.89. The van der Waals surface area contributed by atoms with Crippen LogP contribution in [0.15, 0.2) is 48.5 Å². The van der Waals surface area contributed by atoms with Gasteiger partial charge in [0.05, 0.1) is 0 Å². The molecular formula is C17H18FNO2. The van der Waals surface area contributed by atoms with Crippen molar-refractivity contribution in [2.45, 2.75) is 26.4 Å². The lowest BCUT2D eigenvalue weighted by molar-refractivity contribution is -0.122. The number of rotatable bonds is 5. The number of aryl methyl sites for hydroxylation is 1. The second-order valence-electron chi connectivity index (χ2n) is 4.75. The van der Waals surface area contributed by atoms with E-state index in [0.29, 0.717) is 6.42 Å². The maximum absolute atomic E-state index is 13.6. The van der Waals surface area contributed by atoms with Crippen LogP contribution in [0.4, 0.5) is 10.1 Å². The number of para-hydroxylation sites is 2. The van der Waals surface area contributed by atoms with Crippen molar-refractivity contribution >= 4 is 11.6 Å². The summed E-state index contributed by atoms with van der Waals surface area (Å²) in [6, 6.07) is 13.6. The summed E-state index contributed by atoms with van der Waals surface area (Å²) in [7, 11) is 0. The molecule has 1 atom stereocenters. The van der Waals surface area contributed by atoms with Crippen LogP contribution in [0.3, 0.4) is 0 Å². The fourth-order valence-corrected chi connectivity index (χ4v) is 1.94. The molecule has 0 fully saturated rings. The summed E-state index contributed by atoms with van der Waals surface area (Å²) in [6.45, 7) is 3.73. The van der Waals surface area contributed by atoms with Gasteiger partial charge in [0.1, 0.15) is 0 Å². The number of benzene rings is 2. The molecule has 1 N–H and O–H groups in total. The predicted molar refractivity (Wildman–Crippen MR) is 80.9 cm³/mol. The van der Waals surface area contributed by atoms with E-state index < -0.39 is 11.9 Å². The van der Waals surface area contributed by atoms with E-state index in [0.717, 1.165) is 11.3 Å². The number of carbonyl (C=O) groups is 1. The lowest BCUT2D eigenvalue weighted by atomic mass is 10.2. The summed E-state index contributed by atoms with van der Waals surface area (Å²) in [5.41, 5.74) is 1.70. The Bertz CT molecular complexity index is 628. The molecule has 0 bridgehead atoms. The van der Waals surface area contributed by atoms with Crippen molar-refractivity contribution < 1.29 is 13.9 Å². The number of hydrogen-bond acceptors (Lipinski definition) is 2. The molecule has 0 aliphatic heterocycles. The Hall–Kier alpha value is -2.36. The summed E-state index contributed by atoms with van der Waals surface area (Å²) < 4.78 is 19.1. The van der Waals surface area contributed by atoms with E-state index >= 15 is 0 Å². The largest absolute Gasteiger partial charge is 0.478 e. The van der Waals surface area contributed by atoms with Crippen LogP contribution in [0.2, 0.25) is 0 Å². The smallest absolute Gasteiger partial charge is 0.265 e. The van der Waals surface area contributed by atoms with Gasteiger partial charge in [-0.2, -0.15) is 0 Å². The third-order valence-corrected chi connectivity index (χ3v) is 3.17. The van der Waals surface area contributed by atoms with E-state index in [1.165, 1.54) is 12.1 Å². The second kappa shape index (κ2) is 6.88. The average Bonchev–Trinajstić information content (AvgIpc) is 2.48. The number of hydrogen-bond donors (Lipinski definition) is 1. The van der Waals surface area contributed by atoms with Crippen LogP contribution in [0.1, 0.15) is 18.9 Å². The number of anilines is 1. The molecule has 2 aromatic rings. The molecule has 21 heavy (non-hydrogen) atoms. The van der Waals surface area contributed by atoms with Crippen molar-refractivity contribution in [3.05, 3.63) is 59.9 Å². The molecule has 4 heteroatoms. The van der Waals surface area contributed by atoms with Crippen LogP contribution in [0.5, 0.6) is 5.75 Å². The van der Waals surface area contributed by atoms with E-state index in [1.807, 2.05) is 38.1 Å². The maximum Gasteiger partial charge on any atom is 0.265 e. The lowest BCUT2D eigenvalue weighted by Crippen LogP contribution is -2.32. The molecule has 0 saturated heterocycles.